The Morgan fingerprint density at radius 2 is 1.27 bits per heavy atom. The second-order valence-corrected chi connectivity index (χ2v) is 4.54. The Morgan fingerprint density at radius 1 is 0.818 bits per heavy atom. The van der Waals surface area contributed by atoms with Crippen LogP contribution in [0, 0.1) is 22.7 Å². The van der Waals surface area contributed by atoms with Crippen molar-refractivity contribution in [1.29, 1.82) is 10.5 Å². The summed E-state index contributed by atoms with van der Waals surface area (Å²) in [6.45, 7) is 0. The lowest BCUT2D eigenvalue weighted by molar-refractivity contribution is -0.110. The van der Waals surface area contributed by atoms with Crippen molar-refractivity contribution >= 4 is 17.9 Å². The minimum atomic E-state index is -0.162. The molecule has 0 radical (unpaired) electrons. The van der Waals surface area contributed by atoms with Crippen LogP contribution in [0.25, 0.3) is 12.2 Å². The Morgan fingerprint density at radius 3 is 1.68 bits per heavy atom. The smallest absolute Gasteiger partial charge is 0.178 e. The van der Waals surface area contributed by atoms with Gasteiger partial charge in [0, 0.05) is 0 Å². The van der Waals surface area contributed by atoms with Crippen molar-refractivity contribution in [1.82, 2.24) is 0 Å². The average molecular weight is 284 g/mol. The summed E-state index contributed by atoms with van der Waals surface area (Å²) in [5.41, 5.74) is 2.71. The second kappa shape index (κ2) is 7.38. The van der Waals surface area contributed by atoms with Crippen molar-refractivity contribution in [3.63, 3.8) is 0 Å². The van der Waals surface area contributed by atoms with Crippen LogP contribution in [0.5, 0.6) is 0 Å². The molecule has 104 valence electrons. The quantitative estimate of drug-likeness (QED) is 0.803. The lowest BCUT2D eigenvalue weighted by Gasteiger charge is -1.94. The molecule has 2 rings (SSSR count). The largest absolute Gasteiger partial charge is 0.290 e. The molecule has 0 aliphatic rings. The molecule has 0 aliphatic carbocycles. The van der Waals surface area contributed by atoms with E-state index in [9.17, 15) is 4.79 Å². The van der Waals surface area contributed by atoms with Crippen LogP contribution in [-0.4, -0.2) is 5.78 Å². The highest BCUT2D eigenvalue weighted by molar-refractivity contribution is 6.04. The predicted octanol–water partition coefficient (Wildman–Crippen LogP) is 3.73. The molecule has 0 spiro atoms. The highest BCUT2D eigenvalue weighted by Crippen LogP contribution is 2.08. The van der Waals surface area contributed by atoms with Gasteiger partial charge in [-0.25, -0.2) is 0 Å². The number of allylic oxidation sites excluding steroid dienone is 2. The maximum absolute atomic E-state index is 11.8. The first-order chi connectivity index (χ1) is 10.7. The molecule has 0 bridgehead atoms. The van der Waals surface area contributed by atoms with Crippen LogP contribution < -0.4 is 0 Å². The van der Waals surface area contributed by atoms with Crippen molar-refractivity contribution in [2.75, 3.05) is 0 Å². The molecule has 0 saturated heterocycles. The van der Waals surface area contributed by atoms with Gasteiger partial charge in [-0.3, -0.25) is 4.79 Å². The lowest BCUT2D eigenvalue weighted by atomic mass is 10.1. The minimum absolute atomic E-state index is 0.162. The molecule has 3 nitrogen and oxygen atoms in total. The molecule has 0 atom stereocenters. The number of ketones is 1. The van der Waals surface area contributed by atoms with Gasteiger partial charge in [0.05, 0.1) is 23.3 Å². The van der Waals surface area contributed by atoms with E-state index >= 15 is 0 Å². The van der Waals surface area contributed by atoms with Crippen LogP contribution in [-0.2, 0) is 4.79 Å². The topological polar surface area (TPSA) is 64.7 Å². The van der Waals surface area contributed by atoms with E-state index in [4.69, 9.17) is 10.5 Å². The summed E-state index contributed by atoms with van der Waals surface area (Å²) in [7, 11) is 0. The summed E-state index contributed by atoms with van der Waals surface area (Å²) in [6, 6.07) is 18.1. The molecule has 0 aromatic heterocycles. The number of nitrogens with zero attached hydrogens (tertiary/aromatic N) is 2. The highest BCUT2D eigenvalue weighted by Gasteiger charge is 1.94. The molecular formula is C19H12N2O. The van der Waals surface area contributed by atoms with Crippen LogP contribution in [0.15, 0.2) is 60.7 Å². The number of hydrogen-bond acceptors (Lipinski definition) is 3. The summed E-state index contributed by atoms with van der Waals surface area (Å²) in [6.07, 6.45) is 6.22. The SMILES string of the molecule is N#Cc1cccc(C=CC(=O)C=Cc2cccc(C#N)c2)c1. The van der Waals surface area contributed by atoms with E-state index in [1.54, 1.807) is 48.6 Å². The predicted molar refractivity (Wildman–Crippen MR) is 85.4 cm³/mol. The Balaban J connectivity index is 2.06. The van der Waals surface area contributed by atoms with Crippen molar-refractivity contribution in [2.45, 2.75) is 0 Å². The first-order valence-electron chi connectivity index (χ1n) is 6.62. The molecule has 0 unspecified atom stereocenters. The summed E-state index contributed by atoms with van der Waals surface area (Å²) in [5.74, 6) is -0.162. The van der Waals surface area contributed by atoms with E-state index in [1.807, 2.05) is 12.1 Å². The molecule has 0 amide bonds. The maximum Gasteiger partial charge on any atom is 0.178 e. The van der Waals surface area contributed by atoms with Crippen molar-refractivity contribution in [3.05, 3.63) is 82.9 Å². The number of hydrogen-bond donors (Lipinski definition) is 0. The second-order valence-electron chi connectivity index (χ2n) is 4.54. The van der Waals surface area contributed by atoms with Crippen LogP contribution in [0.2, 0.25) is 0 Å². The molecule has 0 N–H and O–H groups in total. The zero-order valence-electron chi connectivity index (χ0n) is 11.7. The number of carbonyl (C=O) groups excluding carboxylic acids is 1. The minimum Gasteiger partial charge on any atom is -0.290 e. The first kappa shape index (κ1) is 15.0. The molecule has 2 aromatic rings. The van der Waals surface area contributed by atoms with Gasteiger partial charge in [0.25, 0.3) is 0 Å². The van der Waals surface area contributed by atoms with Crippen molar-refractivity contribution in [3.8, 4) is 12.1 Å². The molecule has 0 fully saturated rings. The number of carbonyl (C=O) groups is 1. The van der Waals surface area contributed by atoms with Crippen LogP contribution in [0.4, 0.5) is 0 Å². The normalized spacial score (nSPS) is 10.5. The van der Waals surface area contributed by atoms with Gasteiger partial charge in [0.15, 0.2) is 5.78 Å². The van der Waals surface area contributed by atoms with E-state index < -0.39 is 0 Å². The molecular weight excluding hydrogens is 272 g/mol. The van der Waals surface area contributed by atoms with Crippen LogP contribution in [0.3, 0.4) is 0 Å². The van der Waals surface area contributed by atoms with Gasteiger partial charge in [0.2, 0.25) is 0 Å². The number of nitriles is 2. The standard InChI is InChI=1S/C19H12N2O/c20-13-17-5-1-3-15(11-17)7-9-19(22)10-8-16-4-2-6-18(12-16)14-21/h1-12H. The summed E-state index contributed by atoms with van der Waals surface area (Å²) in [5, 5.41) is 17.6. The van der Waals surface area contributed by atoms with Gasteiger partial charge in [-0.15, -0.1) is 0 Å². The molecule has 0 aliphatic heterocycles. The van der Waals surface area contributed by atoms with E-state index in [2.05, 4.69) is 12.1 Å². The third-order valence-corrected chi connectivity index (χ3v) is 2.91. The first-order valence-corrected chi connectivity index (χ1v) is 6.62. The van der Waals surface area contributed by atoms with Crippen LogP contribution in [0.1, 0.15) is 22.3 Å². The Bertz CT molecular complexity index is 763. The molecule has 0 heterocycles. The van der Waals surface area contributed by atoms with Gasteiger partial charge in [-0.1, -0.05) is 36.4 Å². The number of benzene rings is 2. The molecule has 0 saturated carbocycles. The zero-order valence-corrected chi connectivity index (χ0v) is 11.7. The van der Waals surface area contributed by atoms with E-state index in [1.165, 1.54) is 12.2 Å². The van der Waals surface area contributed by atoms with Gasteiger partial charge < -0.3 is 0 Å². The van der Waals surface area contributed by atoms with Crippen LogP contribution >= 0.6 is 0 Å². The average Bonchev–Trinajstić information content (AvgIpc) is 2.58. The van der Waals surface area contributed by atoms with Crippen molar-refractivity contribution < 1.29 is 4.79 Å². The Hall–Kier alpha value is -3.43. The summed E-state index contributed by atoms with van der Waals surface area (Å²) in [4.78, 5) is 11.8. The zero-order chi connectivity index (χ0) is 15.8. The molecule has 22 heavy (non-hydrogen) atoms. The van der Waals surface area contributed by atoms with E-state index in [-0.39, 0.29) is 5.78 Å². The van der Waals surface area contributed by atoms with E-state index in [0.717, 1.165) is 11.1 Å². The fourth-order valence-electron chi connectivity index (χ4n) is 1.84. The Labute approximate surface area is 129 Å². The third kappa shape index (κ3) is 4.30. The molecule has 3 heteroatoms. The summed E-state index contributed by atoms with van der Waals surface area (Å²) >= 11 is 0. The maximum atomic E-state index is 11.8. The number of rotatable bonds is 4. The fourth-order valence-corrected chi connectivity index (χ4v) is 1.84. The van der Waals surface area contributed by atoms with Gasteiger partial charge in [-0.2, -0.15) is 10.5 Å². The monoisotopic (exact) mass is 284 g/mol. The Kier molecular flexibility index (Phi) is 5.02. The van der Waals surface area contributed by atoms with Gasteiger partial charge in [-0.05, 0) is 47.5 Å². The lowest BCUT2D eigenvalue weighted by Crippen LogP contribution is -1.85. The van der Waals surface area contributed by atoms with E-state index in [0.29, 0.717) is 11.1 Å². The van der Waals surface area contributed by atoms with Gasteiger partial charge in [0.1, 0.15) is 0 Å². The highest BCUT2D eigenvalue weighted by atomic mass is 16.1. The third-order valence-electron chi connectivity index (χ3n) is 2.91. The fraction of sp³-hybridized carbons (Fsp3) is 0. The summed E-state index contributed by atoms with van der Waals surface area (Å²) < 4.78 is 0. The van der Waals surface area contributed by atoms with Crippen molar-refractivity contribution in [2.24, 2.45) is 0 Å². The molecule has 2 aromatic carbocycles. The van der Waals surface area contributed by atoms with Gasteiger partial charge >= 0.3 is 0 Å².